The van der Waals surface area contributed by atoms with Crippen LogP contribution in [0, 0.1) is 5.92 Å². The predicted molar refractivity (Wildman–Crippen MR) is 83.7 cm³/mol. The van der Waals surface area contributed by atoms with Crippen LogP contribution < -0.4 is 5.32 Å². The van der Waals surface area contributed by atoms with Gasteiger partial charge >= 0.3 is 0 Å². The predicted octanol–water partition coefficient (Wildman–Crippen LogP) is 2.37. The summed E-state index contributed by atoms with van der Waals surface area (Å²) in [5.41, 5.74) is 0.318. The lowest BCUT2D eigenvalue weighted by Gasteiger charge is -2.50. The third-order valence-corrected chi connectivity index (χ3v) is 5.06. The molecule has 0 radical (unpaired) electrons. The van der Waals surface area contributed by atoms with Gasteiger partial charge in [-0.3, -0.25) is 9.58 Å². The maximum Gasteiger partial charge on any atom is 0.0536 e. The summed E-state index contributed by atoms with van der Waals surface area (Å²) in [4.78, 5) is 2.70. The zero-order valence-corrected chi connectivity index (χ0v) is 13.5. The second-order valence-electron chi connectivity index (χ2n) is 6.38. The van der Waals surface area contributed by atoms with E-state index in [9.17, 15) is 0 Å². The number of rotatable bonds is 6. The largest absolute Gasteiger partial charge is 0.311 e. The minimum Gasteiger partial charge on any atom is -0.311 e. The van der Waals surface area contributed by atoms with Crippen LogP contribution in [0.1, 0.15) is 40.5 Å². The van der Waals surface area contributed by atoms with Crippen LogP contribution in [-0.2, 0) is 6.54 Å². The van der Waals surface area contributed by atoms with Crippen LogP contribution in [0.2, 0.25) is 0 Å². The zero-order valence-electron chi connectivity index (χ0n) is 13.5. The monoisotopic (exact) mass is 278 g/mol. The first-order valence-corrected chi connectivity index (χ1v) is 8.07. The number of piperazine rings is 1. The van der Waals surface area contributed by atoms with Crippen LogP contribution in [0.5, 0.6) is 0 Å². The molecule has 1 aliphatic heterocycles. The highest BCUT2D eigenvalue weighted by molar-refractivity contribution is 4.98. The molecule has 0 amide bonds. The standard InChI is InChI=1S/C16H30N4/c1-5-16(6-2)13-17-15(14(3)4)12-19(16)10-11-20-9-7-8-18-20/h7-9,14-15,17H,5-6,10-13H2,1-4H3. The highest BCUT2D eigenvalue weighted by Gasteiger charge is 2.39. The maximum atomic E-state index is 4.33. The van der Waals surface area contributed by atoms with Gasteiger partial charge in [-0.2, -0.15) is 5.10 Å². The first-order valence-electron chi connectivity index (χ1n) is 8.07. The van der Waals surface area contributed by atoms with Crippen molar-refractivity contribution in [2.45, 2.75) is 58.7 Å². The number of nitrogens with zero attached hydrogens (tertiary/aromatic N) is 3. The summed E-state index contributed by atoms with van der Waals surface area (Å²) in [6.45, 7) is 13.6. The molecule has 114 valence electrons. The molecule has 1 aromatic heterocycles. The molecule has 1 saturated heterocycles. The van der Waals surface area contributed by atoms with Gasteiger partial charge in [0.15, 0.2) is 0 Å². The van der Waals surface area contributed by atoms with Gasteiger partial charge in [-0.15, -0.1) is 0 Å². The Labute approximate surface area is 123 Å². The van der Waals surface area contributed by atoms with E-state index in [0.29, 0.717) is 17.5 Å². The van der Waals surface area contributed by atoms with Crippen LogP contribution >= 0.6 is 0 Å². The molecule has 4 nitrogen and oxygen atoms in total. The lowest BCUT2D eigenvalue weighted by molar-refractivity contribution is 0.0191. The molecule has 0 bridgehead atoms. The first-order chi connectivity index (χ1) is 9.61. The molecule has 2 heterocycles. The van der Waals surface area contributed by atoms with Crippen LogP contribution in [-0.4, -0.2) is 45.9 Å². The SMILES string of the molecule is CCC1(CC)CNC(C(C)C)CN1CCn1cccn1. The van der Waals surface area contributed by atoms with E-state index in [-0.39, 0.29) is 0 Å². The van der Waals surface area contributed by atoms with Crippen LogP contribution in [0.15, 0.2) is 18.5 Å². The Morgan fingerprint density at radius 3 is 2.60 bits per heavy atom. The topological polar surface area (TPSA) is 33.1 Å². The number of nitrogens with one attached hydrogen (secondary N) is 1. The zero-order chi connectivity index (χ0) is 14.6. The molecule has 4 heteroatoms. The van der Waals surface area contributed by atoms with E-state index in [1.807, 2.05) is 16.9 Å². The Morgan fingerprint density at radius 1 is 1.30 bits per heavy atom. The number of aromatic nitrogens is 2. The van der Waals surface area contributed by atoms with Crippen molar-refractivity contribution in [1.82, 2.24) is 20.0 Å². The third-order valence-electron chi connectivity index (χ3n) is 5.06. The quantitative estimate of drug-likeness (QED) is 0.867. The average molecular weight is 278 g/mol. The minimum atomic E-state index is 0.318. The van der Waals surface area contributed by atoms with E-state index >= 15 is 0 Å². The van der Waals surface area contributed by atoms with Gasteiger partial charge in [0.1, 0.15) is 0 Å². The second kappa shape index (κ2) is 6.72. The highest BCUT2D eigenvalue weighted by atomic mass is 15.3. The van der Waals surface area contributed by atoms with Crippen molar-refractivity contribution in [3.05, 3.63) is 18.5 Å². The summed E-state index contributed by atoms with van der Waals surface area (Å²) in [6, 6.07) is 2.61. The van der Waals surface area contributed by atoms with Gasteiger partial charge in [-0.25, -0.2) is 0 Å². The molecular weight excluding hydrogens is 248 g/mol. The Bertz CT molecular complexity index is 381. The van der Waals surface area contributed by atoms with Gasteiger partial charge in [0.05, 0.1) is 6.54 Å². The van der Waals surface area contributed by atoms with Gasteiger partial charge < -0.3 is 5.32 Å². The van der Waals surface area contributed by atoms with E-state index in [1.165, 1.54) is 12.8 Å². The van der Waals surface area contributed by atoms with Crippen molar-refractivity contribution in [3.8, 4) is 0 Å². The van der Waals surface area contributed by atoms with Gasteiger partial charge in [-0.05, 0) is 24.8 Å². The Morgan fingerprint density at radius 2 is 2.05 bits per heavy atom. The van der Waals surface area contributed by atoms with Gasteiger partial charge in [-0.1, -0.05) is 27.7 Å². The molecule has 0 aliphatic carbocycles. The fraction of sp³-hybridized carbons (Fsp3) is 0.812. The first kappa shape index (κ1) is 15.5. The molecule has 1 unspecified atom stereocenters. The van der Waals surface area contributed by atoms with Gasteiger partial charge in [0, 0.05) is 43.6 Å². The van der Waals surface area contributed by atoms with Crippen LogP contribution in [0.4, 0.5) is 0 Å². The summed E-state index contributed by atoms with van der Waals surface area (Å²) < 4.78 is 2.04. The second-order valence-corrected chi connectivity index (χ2v) is 6.38. The van der Waals surface area contributed by atoms with Crippen LogP contribution in [0.3, 0.4) is 0 Å². The molecule has 1 atom stereocenters. The fourth-order valence-corrected chi connectivity index (χ4v) is 3.31. The molecular formula is C16H30N4. The molecule has 1 fully saturated rings. The van der Waals surface area contributed by atoms with E-state index in [2.05, 4.69) is 49.2 Å². The Balaban J connectivity index is 2.05. The van der Waals surface area contributed by atoms with E-state index in [4.69, 9.17) is 0 Å². The van der Waals surface area contributed by atoms with Crippen molar-refractivity contribution in [1.29, 1.82) is 0 Å². The number of hydrogen-bond donors (Lipinski definition) is 1. The van der Waals surface area contributed by atoms with E-state index in [1.54, 1.807) is 0 Å². The summed E-state index contributed by atoms with van der Waals surface area (Å²) in [7, 11) is 0. The fourth-order valence-electron chi connectivity index (χ4n) is 3.31. The van der Waals surface area contributed by atoms with Gasteiger partial charge in [0.25, 0.3) is 0 Å². The molecule has 0 saturated carbocycles. The highest BCUT2D eigenvalue weighted by Crippen LogP contribution is 2.28. The molecule has 2 rings (SSSR count). The summed E-state index contributed by atoms with van der Waals surface area (Å²) in [5.74, 6) is 0.689. The van der Waals surface area contributed by atoms with Crippen molar-refractivity contribution >= 4 is 0 Å². The molecule has 20 heavy (non-hydrogen) atoms. The van der Waals surface area contributed by atoms with Gasteiger partial charge in [0.2, 0.25) is 0 Å². The molecule has 1 aromatic rings. The molecule has 0 spiro atoms. The average Bonchev–Trinajstić information content (AvgIpc) is 2.98. The van der Waals surface area contributed by atoms with Crippen LogP contribution in [0.25, 0.3) is 0 Å². The van der Waals surface area contributed by atoms with Crippen molar-refractivity contribution in [3.63, 3.8) is 0 Å². The van der Waals surface area contributed by atoms with Crippen molar-refractivity contribution < 1.29 is 0 Å². The van der Waals surface area contributed by atoms with E-state index < -0.39 is 0 Å². The van der Waals surface area contributed by atoms with Crippen molar-refractivity contribution in [2.24, 2.45) is 5.92 Å². The Hall–Kier alpha value is -0.870. The normalized spacial score (nSPS) is 23.4. The maximum absolute atomic E-state index is 4.33. The third kappa shape index (κ3) is 3.23. The summed E-state index contributed by atoms with van der Waals surface area (Å²) in [5, 5.41) is 8.10. The van der Waals surface area contributed by atoms with Crippen molar-refractivity contribution in [2.75, 3.05) is 19.6 Å². The minimum absolute atomic E-state index is 0.318. The summed E-state index contributed by atoms with van der Waals surface area (Å²) in [6.07, 6.45) is 6.34. The summed E-state index contributed by atoms with van der Waals surface area (Å²) >= 11 is 0. The Kier molecular flexibility index (Phi) is 5.22. The number of hydrogen-bond acceptors (Lipinski definition) is 3. The van der Waals surface area contributed by atoms with E-state index in [0.717, 1.165) is 26.2 Å². The molecule has 1 N–H and O–H groups in total. The molecule has 1 aliphatic rings. The lowest BCUT2D eigenvalue weighted by atomic mass is 9.85. The lowest BCUT2D eigenvalue weighted by Crippen LogP contribution is -2.65. The molecule has 0 aromatic carbocycles. The smallest absolute Gasteiger partial charge is 0.0536 e.